The van der Waals surface area contributed by atoms with Crippen LogP contribution in [0.3, 0.4) is 0 Å². The zero-order valence-corrected chi connectivity index (χ0v) is 11.7. The highest BCUT2D eigenvalue weighted by Crippen LogP contribution is 2.37. The summed E-state index contributed by atoms with van der Waals surface area (Å²) >= 11 is 0. The summed E-state index contributed by atoms with van der Waals surface area (Å²) < 4.78 is 7.53. The minimum absolute atomic E-state index is 0.643. The Balaban J connectivity index is 2.17. The Bertz CT molecular complexity index is 649. The summed E-state index contributed by atoms with van der Waals surface area (Å²) in [6.45, 7) is 3.34. The molecule has 0 unspecified atom stereocenters. The highest BCUT2D eigenvalue weighted by atomic mass is 16.5. The summed E-state index contributed by atoms with van der Waals surface area (Å²) in [5, 5.41) is 4.36. The van der Waals surface area contributed by atoms with E-state index in [9.17, 15) is 4.79 Å². The van der Waals surface area contributed by atoms with Gasteiger partial charge in [-0.05, 0) is 25.5 Å². The van der Waals surface area contributed by atoms with E-state index in [4.69, 9.17) is 4.74 Å². The number of hydrogen-bond donors (Lipinski definition) is 0. The first-order valence-electron chi connectivity index (χ1n) is 6.70. The predicted octanol–water partition coefficient (Wildman–Crippen LogP) is 2.46. The van der Waals surface area contributed by atoms with E-state index in [1.807, 2.05) is 38.2 Å². The molecule has 0 N–H and O–H groups in total. The van der Waals surface area contributed by atoms with Crippen molar-refractivity contribution in [2.45, 2.75) is 13.3 Å². The number of carbonyl (C=O) groups excluding carboxylic acids is 1. The van der Waals surface area contributed by atoms with Crippen LogP contribution < -0.4 is 9.64 Å². The van der Waals surface area contributed by atoms with Gasteiger partial charge in [-0.1, -0.05) is 12.1 Å². The van der Waals surface area contributed by atoms with E-state index in [-0.39, 0.29) is 0 Å². The monoisotopic (exact) mass is 271 g/mol. The third kappa shape index (κ3) is 1.95. The molecule has 1 aliphatic heterocycles. The topological polar surface area (TPSA) is 47.4 Å². The Morgan fingerprint density at radius 1 is 1.35 bits per heavy atom. The number of para-hydroxylation sites is 2. The lowest BCUT2D eigenvalue weighted by Crippen LogP contribution is -2.21. The fourth-order valence-electron chi connectivity index (χ4n) is 2.67. The second-order valence-electron chi connectivity index (χ2n) is 4.89. The highest BCUT2D eigenvalue weighted by molar-refractivity contribution is 5.87. The van der Waals surface area contributed by atoms with Gasteiger partial charge in [0.25, 0.3) is 0 Å². The van der Waals surface area contributed by atoms with Crippen molar-refractivity contribution < 1.29 is 9.53 Å². The lowest BCUT2D eigenvalue weighted by atomic mass is 10.2. The number of aryl methyl sites for hydroxylation is 2. The SMILES string of the molecule is Cc1nn(C)c(N2CCCOc3ccccc32)c1C=O. The van der Waals surface area contributed by atoms with E-state index in [2.05, 4.69) is 10.00 Å². The summed E-state index contributed by atoms with van der Waals surface area (Å²) in [4.78, 5) is 13.5. The molecular weight excluding hydrogens is 254 g/mol. The third-order valence-electron chi connectivity index (χ3n) is 3.55. The van der Waals surface area contributed by atoms with Crippen molar-refractivity contribution in [3.05, 3.63) is 35.5 Å². The molecular formula is C15H17N3O2. The van der Waals surface area contributed by atoms with Crippen LogP contribution in [-0.4, -0.2) is 29.2 Å². The molecule has 0 amide bonds. The standard InChI is InChI=1S/C15H17N3O2/c1-11-12(10-19)15(17(2)16-11)18-8-5-9-20-14-7-4-3-6-13(14)18/h3-4,6-7,10H,5,8-9H2,1-2H3. The van der Waals surface area contributed by atoms with Crippen LogP contribution >= 0.6 is 0 Å². The van der Waals surface area contributed by atoms with Gasteiger partial charge in [-0.15, -0.1) is 0 Å². The van der Waals surface area contributed by atoms with Gasteiger partial charge < -0.3 is 9.64 Å². The van der Waals surface area contributed by atoms with Crippen molar-refractivity contribution in [2.75, 3.05) is 18.1 Å². The molecule has 1 aliphatic rings. The molecule has 20 heavy (non-hydrogen) atoms. The van der Waals surface area contributed by atoms with Crippen LogP contribution in [0.2, 0.25) is 0 Å². The van der Waals surface area contributed by atoms with E-state index in [0.29, 0.717) is 12.2 Å². The number of aldehydes is 1. The summed E-state index contributed by atoms with van der Waals surface area (Å²) in [5.74, 6) is 1.68. The van der Waals surface area contributed by atoms with Gasteiger partial charge in [0.15, 0.2) is 6.29 Å². The highest BCUT2D eigenvalue weighted by Gasteiger charge is 2.24. The van der Waals surface area contributed by atoms with Gasteiger partial charge in [0, 0.05) is 13.6 Å². The van der Waals surface area contributed by atoms with Crippen LogP contribution in [0.25, 0.3) is 0 Å². The van der Waals surface area contributed by atoms with Crippen molar-refractivity contribution in [1.29, 1.82) is 0 Å². The molecule has 0 fully saturated rings. The van der Waals surface area contributed by atoms with Gasteiger partial charge in [0.2, 0.25) is 0 Å². The summed E-state index contributed by atoms with van der Waals surface area (Å²) in [7, 11) is 1.86. The van der Waals surface area contributed by atoms with Crippen LogP contribution in [0.4, 0.5) is 11.5 Å². The lowest BCUT2D eigenvalue weighted by Gasteiger charge is -2.24. The lowest BCUT2D eigenvalue weighted by molar-refractivity contribution is 0.112. The predicted molar refractivity (Wildman–Crippen MR) is 76.9 cm³/mol. The van der Waals surface area contributed by atoms with Crippen molar-refractivity contribution in [2.24, 2.45) is 7.05 Å². The fourth-order valence-corrected chi connectivity index (χ4v) is 2.67. The quantitative estimate of drug-likeness (QED) is 0.787. The maximum atomic E-state index is 11.4. The summed E-state index contributed by atoms with van der Waals surface area (Å²) in [5.41, 5.74) is 2.38. The molecule has 5 heteroatoms. The van der Waals surface area contributed by atoms with Gasteiger partial charge in [-0.3, -0.25) is 9.48 Å². The van der Waals surface area contributed by atoms with Crippen molar-refractivity contribution in [1.82, 2.24) is 9.78 Å². The van der Waals surface area contributed by atoms with Gasteiger partial charge in [-0.2, -0.15) is 5.10 Å². The molecule has 2 heterocycles. The van der Waals surface area contributed by atoms with Crippen LogP contribution in [-0.2, 0) is 7.05 Å². The minimum atomic E-state index is 0.643. The normalized spacial score (nSPS) is 14.4. The molecule has 104 valence electrons. The van der Waals surface area contributed by atoms with Crippen LogP contribution in [0.1, 0.15) is 22.5 Å². The van der Waals surface area contributed by atoms with E-state index in [0.717, 1.165) is 42.2 Å². The molecule has 0 saturated heterocycles. The number of benzene rings is 1. The number of nitrogens with zero attached hydrogens (tertiary/aromatic N) is 3. The van der Waals surface area contributed by atoms with Crippen molar-refractivity contribution in [3.63, 3.8) is 0 Å². The zero-order valence-electron chi connectivity index (χ0n) is 11.7. The number of fused-ring (bicyclic) bond motifs is 1. The molecule has 0 bridgehead atoms. The van der Waals surface area contributed by atoms with Crippen LogP contribution in [0.5, 0.6) is 5.75 Å². The first-order valence-corrected chi connectivity index (χ1v) is 6.70. The van der Waals surface area contributed by atoms with Crippen LogP contribution in [0.15, 0.2) is 24.3 Å². The molecule has 5 nitrogen and oxygen atoms in total. The number of ether oxygens (including phenoxy) is 1. The largest absolute Gasteiger partial charge is 0.491 e. The van der Waals surface area contributed by atoms with E-state index >= 15 is 0 Å². The Hall–Kier alpha value is -2.30. The molecule has 0 radical (unpaired) electrons. The molecule has 0 atom stereocenters. The average Bonchev–Trinajstić information content (AvgIpc) is 2.63. The smallest absolute Gasteiger partial charge is 0.155 e. The second kappa shape index (κ2) is 5.00. The van der Waals surface area contributed by atoms with Gasteiger partial charge >= 0.3 is 0 Å². The second-order valence-corrected chi connectivity index (χ2v) is 4.89. The molecule has 0 saturated carbocycles. The number of hydrogen-bond acceptors (Lipinski definition) is 4. The zero-order chi connectivity index (χ0) is 14.1. The number of aromatic nitrogens is 2. The number of rotatable bonds is 2. The molecule has 0 aliphatic carbocycles. The first-order chi connectivity index (χ1) is 9.72. The number of carbonyl (C=O) groups is 1. The molecule has 3 rings (SSSR count). The Kier molecular flexibility index (Phi) is 3.18. The fraction of sp³-hybridized carbons (Fsp3) is 0.333. The van der Waals surface area contributed by atoms with E-state index in [1.165, 1.54) is 0 Å². The molecule has 1 aromatic heterocycles. The maximum Gasteiger partial charge on any atom is 0.155 e. The third-order valence-corrected chi connectivity index (χ3v) is 3.55. The molecule has 2 aromatic rings. The Labute approximate surface area is 117 Å². The van der Waals surface area contributed by atoms with Gasteiger partial charge in [0.05, 0.1) is 23.6 Å². The van der Waals surface area contributed by atoms with Gasteiger partial charge in [-0.25, -0.2) is 0 Å². The van der Waals surface area contributed by atoms with E-state index in [1.54, 1.807) is 4.68 Å². The maximum absolute atomic E-state index is 11.4. The minimum Gasteiger partial charge on any atom is -0.491 e. The Morgan fingerprint density at radius 3 is 2.95 bits per heavy atom. The number of anilines is 2. The van der Waals surface area contributed by atoms with E-state index < -0.39 is 0 Å². The molecule has 0 spiro atoms. The first kappa shape index (κ1) is 12.7. The van der Waals surface area contributed by atoms with Crippen molar-refractivity contribution >= 4 is 17.8 Å². The van der Waals surface area contributed by atoms with Crippen LogP contribution in [0, 0.1) is 6.92 Å². The van der Waals surface area contributed by atoms with Gasteiger partial charge in [0.1, 0.15) is 11.6 Å². The average molecular weight is 271 g/mol. The summed E-state index contributed by atoms with van der Waals surface area (Å²) in [6.07, 6.45) is 1.78. The Morgan fingerprint density at radius 2 is 2.15 bits per heavy atom. The molecule has 1 aromatic carbocycles. The van der Waals surface area contributed by atoms with Crippen molar-refractivity contribution in [3.8, 4) is 5.75 Å². The summed E-state index contributed by atoms with van der Waals surface area (Å²) in [6, 6.07) is 7.90.